The molecular formula is C29H37N5O2. The van der Waals surface area contributed by atoms with Gasteiger partial charge in [-0.2, -0.15) is 0 Å². The van der Waals surface area contributed by atoms with Crippen molar-refractivity contribution in [2.45, 2.75) is 46.7 Å². The lowest BCUT2D eigenvalue weighted by Crippen LogP contribution is -2.47. The number of para-hydroxylation sites is 1. The minimum absolute atomic E-state index is 0.0473. The van der Waals surface area contributed by atoms with Gasteiger partial charge in [-0.15, -0.1) is 0 Å². The highest BCUT2D eigenvalue weighted by Gasteiger charge is 2.40. The summed E-state index contributed by atoms with van der Waals surface area (Å²) < 4.78 is 1.62. The van der Waals surface area contributed by atoms with Crippen molar-refractivity contribution in [1.82, 2.24) is 14.5 Å². The maximum absolute atomic E-state index is 13.6. The first kappa shape index (κ1) is 24.5. The van der Waals surface area contributed by atoms with Crippen LogP contribution in [0.25, 0.3) is 10.9 Å². The second kappa shape index (κ2) is 10.1. The summed E-state index contributed by atoms with van der Waals surface area (Å²) in [6.45, 7) is 14.5. The minimum atomic E-state index is -0.508. The number of amides is 1. The Kier molecular flexibility index (Phi) is 6.84. The van der Waals surface area contributed by atoms with E-state index in [1.165, 1.54) is 5.69 Å². The summed E-state index contributed by atoms with van der Waals surface area (Å²) in [5, 5.41) is 0.558. The molecule has 1 unspecified atom stereocenters. The van der Waals surface area contributed by atoms with Gasteiger partial charge in [0.2, 0.25) is 5.95 Å². The van der Waals surface area contributed by atoms with Crippen LogP contribution in [-0.4, -0.2) is 53.1 Å². The standard InChI is InChI=1S/C29H37N5O2/c1-20(2)17-26-28(36)33(29-30-25-8-6-5-7-24(25)27(35)34(26)29)19-22-9-11-23(12-10-22)32-15-13-31(14-16-32)18-21(3)4/h5-12,20-21,26H,13-19H2,1-4H3. The zero-order chi connectivity index (χ0) is 25.4. The molecule has 0 bridgehead atoms. The Morgan fingerprint density at radius 2 is 1.58 bits per heavy atom. The van der Waals surface area contributed by atoms with Gasteiger partial charge in [0.05, 0.1) is 17.4 Å². The lowest BCUT2D eigenvalue weighted by atomic mass is 10.0. The van der Waals surface area contributed by atoms with Crippen LogP contribution in [0.3, 0.4) is 0 Å². The van der Waals surface area contributed by atoms with Crippen molar-refractivity contribution < 1.29 is 4.79 Å². The van der Waals surface area contributed by atoms with Gasteiger partial charge in [0.25, 0.3) is 11.5 Å². The summed E-state index contributed by atoms with van der Waals surface area (Å²) in [6.07, 6.45) is 0.615. The first-order valence-corrected chi connectivity index (χ1v) is 13.2. The van der Waals surface area contributed by atoms with Crippen LogP contribution in [0.15, 0.2) is 53.3 Å². The maximum atomic E-state index is 13.6. The van der Waals surface area contributed by atoms with Crippen LogP contribution in [-0.2, 0) is 11.3 Å². The molecule has 7 nitrogen and oxygen atoms in total. The molecule has 1 atom stereocenters. The molecule has 5 rings (SSSR count). The molecule has 1 fully saturated rings. The molecule has 1 amide bonds. The van der Waals surface area contributed by atoms with E-state index in [9.17, 15) is 9.59 Å². The summed E-state index contributed by atoms with van der Waals surface area (Å²) in [6, 6.07) is 15.3. The molecule has 2 aliphatic heterocycles. The van der Waals surface area contributed by atoms with Gasteiger partial charge in [-0.3, -0.25) is 24.0 Å². The molecule has 7 heteroatoms. The summed E-state index contributed by atoms with van der Waals surface area (Å²) in [7, 11) is 0. The highest BCUT2D eigenvalue weighted by Crippen LogP contribution is 2.33. The van der Waals surface area contributed by atoms with Crippen molar-refractivity contribution in [3.63, 3.8) is 0 Å². The number of fused-ring (bicyclic) bond motifs is 2. The Morgan fingerprint density at radius 1 is 0.889 bits per heavy atom. The van der Waals surface area contributed by atoms with E-state index in [4.69, 9.17) is 4.98 Å². The van der Waals surface area contributed by atoms with Gasteiger partial charge >= 0.3 is 0 Å². The largest absolute Gasteiger partial charge is 0.369 e. The number of nitrogens with zero attached hydrogens (tertiary/aromatic N) is 5. The molecule has 0 N–H and O–H groups in total. The number of carbonyl (C=O) groups is 1. The lowest BCUT2D eigenvalue weighted by molar-refractivity contribution is -0.120. The monoisotopic (exact) mass is 487 g/mol. The van der Waals surface area contributed by atoms with E-state index in [0.717, 1.165) is 38.3 Å². The second-order valence-corrected chi connectivity index (χ2v) is 11.0. The topological polar surface area (TPSA) is 61.7 Å². The zero-order valence-electron chi connectivity index (χ0n) is 21.9. The van der Waals surface area contributed by atoms with E-state index in [2.05, 4.69) is 61.8 Å². The first-order chi connectivity index (χ1) is 17.3. The Bertz CT molecular complexity index is 1290. The van der Waals surface area contributed by atoms with E-state index in [-0.39, 0.29) is 17.4 Å². The van der Waals surface area contributed by atoms with E-state index < -0.39 is 6.04 Å². The fraction of sp³-hybridized carbons (Fsp3) is 0.483. The number of hydrogen-bond donors (Lipinski definition) is 0. The van der Waals surface area contributed by atoms with Gasteiger partial charge in [-0.25, -0.2) is 4.98 Å². The minimum Gasteiger partial charge on any atom is -0.369 e. The van der Waals surface area contributed by atoms with E-state index in [0.29, 0.717) is 35.7 Å². The number of benzene rings is 2. The van der Waals surface area contributed by atoms with E-state index in [1.54, 1.807) is 15.5 Å². The van der Waals surface area contributed by atoms with Crippen LogP contribution >= 0.6 is 0 Å². The fourth-order valence-electron chi connectivity index (χ4n) is 5.50. The van der Waals surface area contributed by atoms with Crippen LogP contribution in [0.1, 0.15) is 45.7 Å². The Balaban J connectivity index is 1.37. The Labute approximate surface area is 213 Å². The third-order valence-corrected chi connectivity index (χ3v) is 7.23. The first-order valence-electron chi connectivity index (χ1n) is 13.2. The third kappa shape index (κ3) is 4.76. The van der Waals surface area contributed by atoms with Gasteiger partial charge in [-0.05, 0) is 48.1 Å². The number of rotatable bonds is 7. The quantitative estimate of drug-likeness (QED) is 0.497. The van der Waals surface area contributed by atoms with E-state index in [1.807, 2.05) is 18.2 Å². The highest BCUT2D eigenvalue weighted by atomic mass is 16.2. The molecule has 2 aliphatic rings. The average molecular weight is 488 g/mol. The molecule has 0 spiro atoms. The van der Waals surface area contributed by atoms with E-state index >= 15 is 0 Å². The van der Waals surface area contributed by atoms with Gasteiger partial charge in [0, 0.05) is 38.4 Å². The van der Waals surface area contributed by atoms with Gasteiger partial charge in [0.15, 0.2) is 0 Å². The van der Waals surface area contributed by atoms with Gasteiger partial charge in [0.1, 0.15) is 6.04 Å². The van der Waals surface area contributed by atoms with Crippen LogP contribution in [0, 0.1) is 11.8 Å². The fourth-order valence-corrected chi connectivity index (χ4v) is 5.50. The predicted molar refractivity (Wildman–Crippen MR) is 146 cm³/mol. The summed E-state index contributed by atoms with van der Waals surface area (Å²) >= 11 is 0. The molecule has 2 aromatic carbocycles. The predicted octanol–water partition coefficient (Wildman–Crippen LogP) is 4.31. The molecule has 190 valence electrons. The smallest absolute Gasteiger partial charge is 0.263 e. The molecule has 0 saturated carbocycles. The molecule has 1 aromatic heterocycles. The number of anilines is 2. The summed E-state index contributed by atoms with van der Waals surface area (Å²) in [5.74, 6) is 1.39. The normalized spacial score (nSPS) is 18.6. The van der Waals surface area contributed by atoms with Crippen molar-refractivity contribution in [2.75, 3.05) is 42.5 Å². The Hall–Kier alpha value is -3.19. The van der Waals surface area contributed by atoms with Crippen LogP contribution in [0.5, 0.6) is 0 Å². The van der Waals surface area contributed by atoms with Gasteiger partial charge < -0.3 is 4.90 Å². The third-order valence-electron chi connectivity index (χ3n) is 7.23. The number of hydrogen-bond acceptors (Lipinski definition) is 5. The summed E-state index contributed by atoms with van der Waals surface area (Å²) in [4.78, 5) is 38.4. The molecular weight excluding hydrogens is 450 g/mol. The number of aromatic nitrogens is 2. The van der Waals surface area contributed by atoms with Crippen molar-refractivity contribution in [3.05, 3.63) is 64.4 Å². The van der Waals surface area contributed by atoms with Crippen molar-refractivity contribution in [3.8, 4) is 0 Å². The molecule has 3 aromatic rings. The molecule has 1 saturated heterocycles. The van der Waals surface area contributed by atoms with Crippen molar-refractivity contribution in [1.29, 1.82) is 0 Å². The van der Waals surface area contributed by atoms with Crippen LogP contribution in [0.4, 0.5) is 11.6 Å². The zero-order valence-corrected chi connectivity index (χ0v) is 21.9. The van der Waals surface area contributed by atoms with Crippen molar-refractivity contribution >= 4 is 28.4 Å². The SMILES string of the molecule is CC(C)CC1C(=O)N(Cc2ccc(N3CCN(CC(C)C)CC3)cc2)c2nc3ccccc3c(=O)n21. The Morgan fingerprint density at radius 3 is 2.25 bits per heavy atom. The molecule has 3 heterocycles. The second-order valence-electron chi connectivity index (χ2n) is 11.0. The van der Waals surface area contributed by atoms with Gasteiger partial charge in [-0.1, -0.05) is 52.0 Å². The van der Waals surface area contributed by atoms with Crippen LogP contribution in [0.2, 0.25) is 0 Å². The number of carbonyl (C=O) groups excluding carboxylic acids is 1. The number of piperazine rings is 1. The molecule has 36 heavy (non-hydrogen) atoms. The van der Waals surface area contributed by atoms with Crippen LogP contribution < -0.4 is 15.4 Å². The summed E-state index contributed by atoms with van der Waals surface area (Å²) in [5.41, 5.74) is 2.74. The molecule has 0 aliphatic carbocycles. The molecule has 0 radical (unpaired) electrons. The average Bonchev–Trinajstić information content (AvgIpc) is 3.10. The maximum Gasteiger partial charge on any atom is 0.263 e. The lowest BCUT2D eigenvalue weighted by Gasteiger charge is -2.37. The van der Waals surface area contributed by atoms with Crippen molar-refractivity contribution in [2.24, 2.45) is 11.8 Å². The highest BCUT2D eigenvalue weighted by molar-refractivity contribution is 5.99.